The van der Waals surface area contributed by atoms with Gasteiger partial charge in [0.05, 0.1) is 11.1 Å². The molecule has 0 unspecified atom stereocenters. The summed E-state index contributed by atoms with van der Waals surface area (Å²) in [5.74, 6) is 0. The van der Waals surface area contributed by atoms with Crippen LogP contribution in [0.5, 0.6) is 0 Å². The number of alkyl halides is 6. The highest BCUT2D eigenvalue weighted by molar-refractivity contribution is 5.82. The van der Waals surface area contributed by atoms with Gasteiger partial charge < -0.3 is 0 Å². The first-order valence-electron chi connectivity index (χ1n) is 6.75. The molecule has 0 fully saturated rings. The Labute approximate surface area is 134 Å². The minimum Gasteiger partial charge on any atom is -0.166 e. The van der Waals surface area contributed by atoms with Gasteiger partial charge in [0.25, 0.3) is 0 Å². The minimum absolute atomic E-state index is 0.0900. The molecule has 0 nitrogen and oxygen atoms in total. The van der Waals surface area contributed by atoms with Crippen molar-refractivity contribution in [1.82, 2.24) is 0 Å². The predicted molar refractivity (Wildman–Crippen MR) is 82.1 cm³/mol. The van der Waals surface area contributed by atoms with Crippen molar-refractivity contribution in [2.75, 3.05) is 0 Å². The van der Waals surface area contributed by atoms with E-state index in [1.54, 1.807) is 0 Å². The summed E-state index contributed by atoms with van der Waals surface area (Å²) in [6.45, 7) is 6.99. The van der Waals surface area contributed by atoms with E-state index in [1.807, 2.05) is 0 Å². The van der Waals surface area contributed by atoms with Gasteiger partial charge in [0.15, 0.2) is 0 Å². The van der Waals surface area contributed by atoms with Crippen molar-refractivity contribution in [2.45, 2.75) is 12.4 Å². The average Bonchev–Trinajstić information content (AvgIpc) is 2.51. The van der Waals surface area contributed by atoms with Crippen LogP contribution in [0.25, 0.3) is 23.3 Å². The van der Waals surface area contributed by atoms with Crippen molar-refractivity contribution in [3.8, 4) is 11.1 Å². The van der Waals surface area contributed by atoms with Gasteiger partial charge in [0.1, 0.15) is 0 Å². The van der Waals surface area contributed by atoms with Gasteiger partial charge in [-0.3, -0.25) is 0 Å². The molecule has 2 aromatic carbocycles. The molecular formula is C18H12F6. The topological polar surface area (TPSA) is 0 Å². The van der Waals surface area contributed by atoms with Crippen LogP contribution in [0, 0.1) is 0 Å². The molecule has 0 aliphatic rings. The SMILES string of the molecule is C=Cc1cc(C(F)(F)F)ccc1-c1cc(C(F)(F)F)ccc1C=C. The van der Waals surface area contributed by atoms with Gasteiger partial charge in [-0.15, -0.1) is 0 Å². The predicted octanol–water partition coefficient (Wildman–Crippen LogP) is 6.68. The fraction of sp³-hybridized carbons (Fsp3) is 0.111. The van der Waals surface area contributed by atoms with Crippen molar-refractivity contribution < 1.29 is 26.3 Å². The Morgan fingerprint density at radius 3 is 1.62 bits per heavy atom. The van der Waals surface area contributed by atoms with Crippen molar-refractivity contribution >= 4 is 12.2 Å². The average molecular weight is 342 g/mol. The molecule has 0 amide bonds. The normalized spacial score (nSPS) is 12.1. The number of benzene rings is 2. The van der Waals surface area contributed by atoms with Crippen LogP contribution in [0.3, 0.4) is 0 Å². The molecule has 0 saturated heterocycles. The standard InChI is InChI=1S/C18H12F6/c1-3-11-5-6-14(18(22,23)24)10-16(11)15-8-7-13(17(19,20)21)9-12(15)4-2/h3-10H,1-2H2. The number of halogens is 6. The van der Waals surface area contributed by atoms with E-state index in [0.717, 1.165) is 30.3 Å². The first-order valence-corrected chi connectivity index (χ1v) is 6.75. The van der Waals surface area contributed by atoms with Gasteiger partial charge in [-0.05, 0) is 46.5 Å². The second-order valence-electron chi connectivity index (χ2n) is 5.01. The van der Waals surface area contributed by atoms with E-state index in [9.17, 15) is 26.3 Å². The highest BCUT2D eigenvalue weighted by Gasteiger charge is 2.32. The Morgan fingerprint density at radius 2 is 1.12 bits per heavy atom. The van der Waals surface area contributed by atoms with Crippen LogP contribution in [-0.4, -0.2) is 0 Å². The van der Waals surface area contributed by atoms with Crippen molar-refractivity contribution in [3.05, 3.63) is 71.8 Å². The number of hydrogen-bond acceptors (Lipinski definition) is 0. The van der Waals surface area contributed by atoms with Gasteiger partial charge >= 0.3 is 12.4 Å². The fourth-order valence-corrected chi connectivity index (χ4v) is 2.30. The third kappa shape index (κ3) is 3.53. The molecule has 0 N–H and O–H groups in total. The van der Waals surface area contributed by atoms with E-state index in [4.69, 9.17) is 0 Å². The summed E-state index contributed by atoms with van der Waals surface area (Å²) in [5, 5.41) is 0. The van der Waals surface area contributed by atoms with Gasteiger partial charge in [0.2, 0.25) is 0 Å². The molecule has 24 heavy (non-hydrogen) atoms. The first-order chi connectivity index (χ1) is 11.1. The summed E-state index contributed by atoms with van der Waals surface area (Å²) in [6.07, 6.45) is -6.59. The quantitative estimate of drug-likeness (QED) is 0.546. The molecule has 0 atom stereocenters. The molecule has 0 spiro atoms. The van der Waals surface area contributed by atoms with E-state index >= 15 is 0 Å². The van der Waals surface area contributed by atoms with Crippen LogP contribution >= 0.6 is 0 Å². The molecule has 2 rings (SSSR count). The van der Waals surface area contributed by atoms with E-state index in [2.05, 4.69) is 13.2 Å². The summed E-state index contributed by atoms with van der Waals surface area (Å²) in [4.78, 5) is 0. The van der Waals surface area contributed by atoms with E-state index < -0.39 is 23.5 Å². The molecule has 2 aromatic rings. The van der Waals surface area contributed by atoms with Gasteiger partial charge in [0, 0.05) is 0 Å². The monoisotopic (exact) mass is 342 g/mol. The lowest BCUT2D eigenvalue weighted by atomic mass is 9.92. The molecule has 0 aliphatic heterocycles. The highest BCUT2D eigenvalue weighted by atomic mass is 19.4. The molecule has 0 aliphatic carbocycles. The van der Waals surface area contributed by atoms with Crippen molar-refractivity contribution in [3.63, 3.8) is 0 Å². The highest BCUT2D eigenvalue weighted by Crippen LogP contribution is 2.38. The zero-order valence-corrected chi connectivity index (χ0v) is 12.3. The summed E-state index contributed by atoms with van der Waals surface area (Å²) < 4.78 is 77.2. The maximum absolute atomic E-state index is 12.9. The second-order valence-corrected chi connectivity index (χ2v) is 5.01. The lowest BCUT2D eigenvalue weighted by molar-refractivity contribution is -0.138. The van der Waals surface area contributed by atoms with E-state index in [1.165, 1.54) is 18.2 Å². The third-order valence-electron chi connectivity index (χ3n) is 3.49. The third-order valence-corrected chi connectivity index (χ3v) is 3.49. The minimum atomic E-state index is -4.56. The van der Waals surface area contributed by atoms with Crippen LogP contribution in [0.2, 0.25) is 0 Å². The fourth-order valence-electron chi connectivity index (χ4n) is 2.30. The molecule has 0 saturated carbocycles. The molecule has 6 heteroatoms. The van der Waals surface area contributed by atoms with Crippen LogP contribution in [0.1, 0.15) is 22.3 Å². The smallest absolute Gasteiger partial charge is 0.166 e. The van der Waals surface area contributed by atoms with E-state index in [0.29, 0.717) is 5.56 Å². The Bertz CT molecular complexity index is 781. The number of rotatable bonds is 3. The summed E-state index contributed by atoms with van der Waals surface area (Å²) in [7, 11) is 0. The second kappa shape index (κ2) is 6.19. The van der Waals surface area contributed by atoms with E-state index in [-0.39, 0.29) is 16.7 Å². The largest absolute Gasteiger partial charge is 0.416 e. The van der Waals surface area contributed by atoms with Crippen LogP contribution < -0.4 is 0 Å². The molecule has 126 valence electrons. The Hall–Kier alpha value is -2.50. The summed E-state index contributed by atoms with van der Waals surface area (Å²) >= 11 is 0. The molecular weight excluding hydrogens is 330 g/mol. The Kier molecular flexibility index (Phi) is 4.60. The lowest BCUT2D eigenvalue weighted by Crippen LogP contribution is -2.07. The van der Waals surface area contributed by atoms with Gasteiger partial charge in [-0.2, -0.15) is 26.3 Å². The summed E-state index contributed by atoms with van der Waals surface area (Å²) in [5.41, 5.74) is -0.952. The van der Waals surface area contributed by atoms with Crippen molar-refractivity contribution in [2.24, 2.45) is 0 Å². The summed E-state index contributed by atoms with van der Waals surface area (Å²) in [6, 6.07) is 5.85. The Balaban J connectivity index is 2.71. The zero-order valence-electron chi connectivity index (χ0n) is 12.3. The Morgan fingerprint density at radius 1 is 0.625 bits per heavy atom. The van der Waals surface area contributed by atoms with Crippen molar-refractivity contribution in [1.29, 1.82) is 0 Å². The van der Waals surface area contributed by atoms with Gasteiger partial charge in [-0.25, -0.2) is 0 Å². The lowest BCUT2D eigenvalue weighted by Gasteiger charge is -2.15. The van der Waals surface area contributed by atoms with Crippen LogP contribution in [0.15, 0.2) is 49.6 Å². The maximum atomic E-state index is 12.9. The number of hydrogen-bond donors (Lipinski definition) is 0. The molecule has 0 heterocycles. The van der Waals surface area contributed by atoms with Crippen LogP contribution in [0.4, 0.5) is 26.3 Å². The van der Waals surface area contributed by atoms with Gasteiger partial charge in [-0.1, -0.05) is 37.4 Å². The molecule has 0 bridgehead atoms. The maximum Gasteiger partial charge on any atom is 0.416 e. The molecule has 0 aromatic heterocycles. The molecule has 0 radical (unpaired) electrons. The van der Waals surface area contributed by atoms with Crippen LogP contribution in [-0.2, 0) is 12.4 Å². The first kappa shape index (κ1) is 17.8. The zero-order chi connectivity index (χ0) is 18.1.